The number of aromatic nitrogens is 1. The van der Waals surface area contributed by atoms with Crippen LogP contribution in [0.25, 0.3) is 0 Å². The highest BCUT2D eigenvalue weighted by atomic mass is 16.4. The zero-order valence-corrected chi connectivity index (χ0v) is 11.6. The molecule has 0 spiro atoms. The first-order valence-corrected chi connectivity index (χ1v) is 7.03. The van der Waals surface area contributed by atoms with Gasteiger partial charge in [-0.2, -0.15) is 0 Å². The van der Waals surface area contributed by atoms with E-state index in [1.54, 1.807) is 12.3 Å². The number of carboxylic acid groups (broad SMARTS) is 1. The van der Waals surface area contributed by atoms with Gasteiger partial charge in [-0.3, -0.25) is 14.6 Å². The summed E-state index contributed by atoms with van der Waals surface area (Å²) in [5.41, 5.74) is 1.40. The van der Waals surface area contributed by atoms with Crippen LogP contribution >= 0.6 is 0 Å². The number of carbonyl (C=O) groups is 2. The molecule has 2 unspecified atom stereocenters. The Hall–Kier alpha value is -1.91. The quantitative estimate of drug-likeness (QED) is 0.829. The molecule has 0 aromatic carbocycles. The van der Waals surface area contributed by atoms with E-state index in [0.29, 0.717) is 12.0 Å². The molecule has 5 heteroatoms. The van der Waals surface area contributed by atoms with Crippen LogP contribution in [-0.4, -0.2) is 28.0 Å². The molecule has 2 N–H and O–H groups in total. The molecule has 108 valence electrons. The van der Waals surface area contributed by atoms with Crippen molar-refractivity contribution in [2.45, 2.75) is 45.1 Å². The van der Waals surface area contributed by atoms with Crippen molar-refractivity contribution < 1.29 is 14.7 Å². The van der Waals surface area contributed by atoms with Crippen molar-refractivity contribution in [2.75, 3.05) is 0 Å². The molecule has 1 saturated carbocycles. The van der Waals surface area contributed by atoms with E-state index in [0.717, 1.165) is 31.2 Å². The molecule has 0 saturated heterocycles. The molecular formula is C15H20N2O3. The average molecular weight is 276 g/mol. The van der Waals surface area contributed by atoms with Gasteiger partial charge in [-0.1, -0.05) is 19.3 Å². The fourth-order valence-corrected chi connectivity index (χ4v) is 2.71. The van der Waals surface area contributed by atoms with Gasteiger partial charge >= 0.3 is 5.97 Å². The van der Waals surface area contributed by atoms with Crippen molar-refractivity contribution in [1.82, 2.24) is 10.3 Å². The molecule has 1 aromatic rings. The van der Waals surface area contributed by atoms with E-state index in [1.165, 1.54) is 6.20 Å². The Morgan fingerprint density at radius 2 is 2.00 bits per heavy atom. The van der Waals surface area contributed by atoms with Crippen LogP contribution < -0.4 is 5.32 Å². The Balaban J connectivity index is 2.09. The molecular weight excluding hydrogens is 256 g/mol. The molecule has 1 aliphatic rings. The maximum absolute atomic E-state index is 12.2. The number of nitrogens with zero attached hydrogens (tertiary/aromatic N) is 1. The average Bonchev–Trinajstić information content (AvgIpc) is 2.64. The third kappa shape index (κ3) is 3.56. The van der Waals surface area contributed by atoms with E-state index in [-0.39, 0.29) is 11.9 Å². The highest BCUT2D eigenvalue weighted by Gasteiger charge is 2.30. The first kappa shape index (κ1) is 14.5. The van der Waals surface area contributed by atoms with Crippen molar-refractivity contribution in [3.05, 3.63) is 29.6 Å². The number of aliphatic carboxylic acids is 1. The van der Waals surface area contributed by atoms with Crippen LogP contribution in [0.3, 0.4) is 0 Å². The molecule has 0 aliphatic heterocycles. The van der Waals surface area contributed by atoms with Gasteiger partial charge in [-0.15, -0.1) is 0 Å². The lowest BCUT2D eigenvalue weighted by atomic mass is 9.94. The number of carboxylic acids is 1. The molecule has 1 fully saturated rings. The number of nitrogens with one attached hydrogen (secondary N) is 1. The number of carbonyl (C=O) groups excluding carboxylic acids is 1. The van der Waals surface area contributed by atoms with Crippen LogP contribution in [0.4, 0.5) is 0 Å². The van der Waals surface area contributed by atoms with Crippen LogP contribution in [-0.2, 0) is 4.79 Å². The van der Waals surface area contributed by atoms with Crippen molar-refractivity contribution in [3.8, 4) is 0 Å². The largest absolute Gasteiger partial charge is 0.481 e. The zero-order valence-electron chi connectivity index (χ0n) is 11.6. The molecule has 2 rings (SSSR count). The summed E-state index contributed by atoms with van der Waals surface area (Å²) in [6, 6.07) is 1.47. The minimum Gasteiger partial charge on any atom is -0.481 e. The van der Waals surface area contributed by atoms with E-state index in [9.17, 15) is 14.7 Å². The summed E-state index contributed by atoms with van der Waals surface area (Å²) in [5.74, 6) is -1.54. The smallest absolute Gasteiger partial charge is 0.308 e. The molecule has 0 bridgehead atoms. The minimum absolute atomic E-state index is 0.237. The van der Waals surface area contributed by atoms with Crippen LogP contribution in [0.5, 0.6) is 0 Å². The summed E-state index contributed by atoms with van der Waals surface area (Å²) in [6.07, 6.45) is 7.45. The zero-order chi connectivity index (χ0) is 14.5. The SMILES string of the molecule is Cc1cncc(C(=O)NC2CCCCCC2C(=O)O)c1. The second-order valence-electron chi connectivity index (χ2n) is 5.41. The fraction of sp³-hybridized carbons (Fsp3) is 0.533. The van der Waals surface area contributed by atoms with Gasteiger partial charge in [0.1, 0.15) is 0 Å². The highest BCUT2D eigenvalue weighted by Crippen LogP contribution is 2.24. The summed E-state index contributed by atoms with van der Waals surface area (Å²) in [7, 11) is 0. The molecule has 5 nitrogen and oxygen atoms in total. The van der Waals surface area contributed by atoms with Crippen molar-refractivity contribution >= 4 is 11.9 Å². The molecule has 1 aliphatic carbocycles. The topological polar surface area (TPSA) is 79.3 Å². The summed E-state index contributed by atoms with van der Waals surface area (Å²) in [6.45, 7) is 1.87. The first-order valence-electron chi connectivity index (χ1n) is 7.03. The predicted molar refractivity (Wildman–Crippen MR) is 74.4 cm³/mol. The van der Waals surface area contributed by atoms with Crippen molar-refractivity contribution in [2.24, 2.45) is 5.92 Å². The van der Waals surface area contributed by atoms with Crippen LogP contribution in [0, 0.1) is 12.8 Å². The Bertz CT molecular complexity index is 502. The van der Waals surface area contributed by atoms with Gasteiger partial charge in [-0.05, 0) is 31.4 Å². The second-order valence-corrected chi connectivity index (χ2v) is 5.41. The number of amides is 1. The van der Waals surface area contributed by atoms with Gasteiger partial charge in [0, 0.05) is 18.4 Å². The van der Waals surface area contributed by atoms with E-state index < -0.39 is 11.9 Å². The molecule has 0 radical (unpaired) electrons. The van der Waals surface area contributed by atoms with Crippen LogP contribution in [0.1, 0.15) is 48.0 Å². The first-order chi connectivity index (χ1) is 9.58. The molecule has 1 aromatic heterocycles. The van der Waals surface area contributed by atoms with Gasteiger partial charge in [-0.25, -0.2) is 0 Å². The van der Waals surface area contributed by atoms with Crippen molar-refractivity contribution in [3.63, 3.8) is 0 Å². The lowest BCUT2D eigenvalue weighted by Gasteiger charge is -2.22. The summed E-state index contributed by atoms with van der Waals surface area (Å²) < 4.78 is 0. The molecule has 2 atom stereocenters. The number of aryl methyl sites for hydroxylation is 1. The predicted octanol–water partition coefficient (Wildman–Crippen LogP) is 2.15. The van der Waals surface area contributed by atoms with Crippen LogP contribution in [0.15, 0.2) is 18.5 Å². The van der Waals surface area contributed by atoms with Gasteiger partial charge in [0.25, 0.3) is 5.91 Å². The van der Waals surface area contributed by atoms with Crippen molar-refractivity contribution in [1.29, 1.82) is 0 Å². The summed E-state index contributed by atoms with van der Waals surface area (Å²) >= 11 is 0. The maximum atomic E-state index is 12.2. The normalized spacial score (nSPS) is 22.9. The Labute approximate surface area is 118 Å². The standard InChI is InChI=1S/C15H20N2O3/c1-10-7-11(9-16-8-10)14(18)17-13-6-4-2-3-5-12(13)15(19)20/h7-9,12-13H,2-6H2,1H3,(H,17,18)(H,19,20). The maximum Gasteiger partial charge on any atom is 0.308 e. The Kier molecular flexibility index (Phi) is 4.71. The third-order valence-corrected chi connectivity index (χ3v) is 3.79. The van der Waals surface area contributed by atoms with Gasteiger partial charge in [0.15, 0.2) is 0 Å². The van der Waals surface area contributed by atoms with E-state index >= 15 is 0 Å². The number of hydrogen-bond acceptors (Lipinski definition) is 3. The lowest BCUT2D eigenvalue weighted by molar-refractivity contribution is -0.142. The van der Waals surface area contributed by atoms with E-state index in [1.807, 2.05) is 6.92 Å². The fourth-order valence-electron chi connectivity index (χ4n) is 2.71. The molecule has 20 heavy (non-hydrogen) atoms. The Morgan fingerprint density at radius 1 is 1.25 bits per heavy atom. The third-order valence-electron chi connectivity index (χ3n) is 3.79. The highest BCUT2D eigenvalue weighted by molar-refractivity contribution is 5.94. The van der Waals surface area contributed by atoms with Gasteiger partial charge in [0.2, 0.25) is 0 Å². The summed E-state index contributed by atoms with van der Waals surface area (Å²) in [5, 5.41) is 12.2. The lowest BCUT2D eigenvalue weighted by Crippen LogP contribution is -2.42. The minimum atomic E-state index is -0.820. The Morgan fingerprint density at radius 3 is 2.70 bits per heavy atom. The molecule has 1 heterocycles. The second kappa shape index (κ2) is 6.50. The van der Waals surface area contributed by atoms with Gasteiger partial charge in [0.05, 0.1) is 11.5 Å². The molecule has 1 amide bonds. The van der Waals surface area contributed by atoms with E-state index in [4.69, 9.17) is 0 Å². The summed E-state index contributed by atoms with van der Waals surface area (Å²) in [4.78, 5) is 27.5. The monoisotopic (exact) mass is 276 g/mol. The number of pyridine rings is 1. The number of hydrogen-bond donors (Lipinski definition) is 2. The van der Waals surface area contributed by atoms with Crippen LogP contribution in [0.2, 0.25) is 0 Å². The number of rotatable bonds is 3. The van der Waals surface area contributed by atoms with Gasteiger partial charge < -0.3 is 10.4 Å². The van der Waals surface area contributed by atoms with E-state index in [2.05, 4.69) is 10.3 Å².